The van der Waals surface area contributed by atoms with Gasteiger partial charge in [0.2, 0.25) is 0 Å². The van der Waals surface area contributed by atoms with E-state index >= 15 is 0 Å². The van der Waals surface area contributed by atoms with Gasteiger partial charge in [-0.3, -0.25) is 4.90 Å². The number of hydrogen-bond donors (Lipinski definition) is 1. The molecule has 1 aromatic heterocycles. The highest BCUT2D eigenvalue weighted by Gasteiger charge is 2.29. The number of anilines is 1. The number of aromatic nitrogens is 1. The van der Waals surface area contributed by atoms with E-state index < -0.39 is 0 Å². The van der Waals surface area contributed by atoms with Crippen molar-refractivity contribution in [3.8, 4) is 0 Å². The number of likely N-dealkylation sites (tertiary alicyclic amines) is 1. The Morgan fingerprint density at radius 2 is 2.11 bits per heavy atom. The van der Waals surface area contributed by atoms with Crippen LogP contribution in [0.1, 0.15) is 24.8 Å². The summed E-state index contributed by atoms with van der Waals surface area (Å²) in [6, 6.07) is 2.58. The minimum Gasteiger partial charge on any atom is -0.392 e. The first-order valence-electron chi connectivity index (χ1n) is 7.02. The van der Waals surface area contributed by atoms with Crippen LogP contribution in [-0.4, -0.2) is 47.2 Å². The highest BCUT2D eigenvalue weighted by atomic mass is 35.5. The zero-order valence-electron chi connectivity index (χ0n) is 11.1. The van der Waals surface area contributed by atoms with Crippen LogP contribution in [0.5, 0.6) is 0 Å². The largest absolute Gasteiger partial charge is 0.392 e. The average Bonchev–Trinajstić information content (AvgIpc) is 3.10. The standard InChI is InChI=1S/C14H20ClN3O/c15-13-8-16-14(7-11(13)10-19)18-6-3-12(9-18)17-4-1-2-5-17/h7-8,12,19H,1-6,9-10H2. The Labute approximate surface area is 119 Å². The van der Waals surface area contributed by atoms with E-state index in [2.05, 4.69) is 14.8 Å². The molecule has 0 radical (unpaired) electrons. The van der Waals surface area contributed by atoms with E-state index in [0.717, 1.165) is 24.5 Å². The van der Waals surface area contributed by atoms with Gasteiger partial charge < -0.3 is 10.0 Å². The van der Waals surface area contributed by atoms with Gasteiger partial charge in [0, 0.05) is 30.9 Å². The lowest BCUT2D eigenvalue weighted by Crippen LogP contribution is -2.35. The molecule has 104 valence electrons. The summed E-state index contributed by atoms with van der Waals surface area (Å²) in [5.41, 5.74) is 0.760. The maximum atomic E-state index is 9.27. The molecular weight excluding hydrogens is 262 g/mol. The van der Waals surface area contributed by atoms with Gasteiger partial charge in [-0.2, -0.15) is 0 Å². The Bertz CT molecular complexity index is 448. The normalized spacial score (nSPS) is 24.3. The van der Waals surface area contributed by atoms with Gasteiger partial charge in [0.05, 0.1) is 11.6 Å². The van der Waals surface area contributed by atoms with E-state index in [1.54, 1.807) is 6.20 Å². The average molecular weight is 282 g/mol. The molecule has 1 aromatic rings. The van der Waals surface area contributed by atoms with Gasteiger partial charge in [-0.1, -0.05) is 11.6 Å². The monoisotopic (exact) mass is 281 g/mol. The van der Waals surface area contributed by atoms with E-state index in [1.165, 1.54) is 32.4 Å². The van der Waals surface area contributed by atoms with Gasteiger partial charge in [0.1, 0.15) is 5.82 Å². The molecule has 1 atom stereocenters. The number of nitrogens with zero attached hydrogens (tertiary/aromatic N) is 3. The van der Waals surface area contributed by atoms with Crippen molar-refractivity contribution in [2.75, 3.05) is 31.1 Å². The topological polar surface area (TPSA) is 39.6 Å². The van der Waals surface area contributed by atoms with Crippen molar-refractivity contribution >= 4 is 17.4 Å². The number of pyridine rings is 1. The third-order valence-electron chi connectivity index (χ3n) is 4.24. The van der Waals surface area contributed by atoms with E-state index in [1.807, 2.05) is 6.07 Å². The lowest BCUT2D eigenvalue weighted by atomic mass is 10.2. The summed E-state index contributed by atoms with van der Waals surface area (Å²) in [6.45, 7) is 4.54. The van der Waals surface area contributed by atoms with E-state index in [9.17, 15) is 5.11 Å². The van der Waals surface area contributed by atoms with E-state index in [0.29, 0.717) is 11.1 Å². The second-order valence-electron chi connectivity index (χ2n) is 5.42. The number of aliphatic hydroxyl groups excluding tert-OH is 1. The number of hydrogen-bond acceptors (Lipinski definition) is 4. The van der Waals surface area contributed by atoms with Crippen molar-refractivity contribution in [2.24, 2.45) is 0 Å². The van der Waals surface area contributed by atoms with E-state index in [-0.39, 0.29) is 6.61 Å². The predicted molar refractivity (Wildman–Crippen MR) is 76.6 cm³/mol. The van der Waals surface area contributed by atoms with Crippen LogP contribution in [0.15, 0.2) is 12.3 Å². The Morgan fingerprint density at radius 1 is 1.32 bits per heavy atom. The molecule has 0 aliphatic carbocycles. The van der Waals surface area contributed by atoms with Crippen LogP contribution in [0.4, 0.5) is 5.82 Å². The van der Waals surface area contributed by atoms with Crippen molar-refractivity contribution in [1.82, 2.24) is 9.88 Å². The first-order valence-corrected chi connectivity index (χ1v) is 7.40. The summed E-state index contributed by atoms with van der Waals surface area (Å²) in [4.78, 5) is 9.30. The zero-order valence-corrected chi connectivity index (χ0v) is 11.8. The van der Waals surface area contributed by atoms with Crippen LogP contribution in [-0.2, 0) is 6.61 Å². The van der Waals surface area contributed by atoms with Gasteiger partial charge in [-0.05, 0) is 38.4 Å². The highest BCUT2D eigenvalue weighted by molar-refractivity contribution is 6.31. The Morgan fingerprint density at radius 3 is 2.84 bits per heavy atom. The molecular formula is C14H20ClN3O. The molecule has 0 aromatic carbocycles. The molecule has 0 spiro atoms. The van der Waals surface area contributed by atoms with Crippen LogP contribution in [0, 0.1) is 0 Å². The first-order chi connectivity index (χ1) is 9.28. The summed E-state index contributed by atoms with van der Waals surface area (Å²) < 4.78 is 0. The van der Waals surface area contributed by atoms with Gasteiger partial charge in [-0.25, -0.2) is 4.98 Å². The lowest BCUT2D eigenvalue weighted by molar-refractivity contribution is 0.260. The van der Waals surface area contributed by atoms with Crippen LogP contribution in [0.25, 0.3) is 0 Å². The quantitative estimate of drug-likeness (QED) is 0.919. The van der Waals surface area contributed by atoms with Crippen LogP contribution in [0.3, 0.4) is 0 Å². The van der Waals surface area contributed by atoms with E-state index in [4.69, 9.17) is 11.6 Å². The first kappa shape index (κ1) is 13.2. The molecule has 2 aliphatic rings. The second-order valence-corrected chi connectivity index (χ2v) is 5.83. The number of rotatable bonds is 3. The fraction of sp³-hybridized carbons (Fsp3) is 0.643. The Balaban J connectivity index is 1.70. The predicted octanol–water partition coefficient (Wildman–Crippen LogP) is 1.90. The maximum Gasteiger partial charge on any atom is 0.128 e. The molecule has 19 heavy (non-hydrogen) atoms. The fourth-order valence-electron chi connectivity index (χ4n) is 3.12. The number of halogens is 1. The molecule has 2 fully saturated rings. The fourth-order valence-corrected chi connectivity index (χ4v) is 3.28. The minimum absolute atomic E-state index is 0.0300. The summed E-state index contributed by atoms with van der Waals surface area (Å²) >= 11 is 5.99. The van der Waals surface area contributed by atoms with Gasteiger partial charge in [0.25, 0.3) is 0 Å². The third kappa shape index (κ3) is 2.71. The third-order valence-corrected chi connectivity index (χ3v) is 4.58. The van der Waals surface area contributed by atoms with Crippen molar-refractivity contribution in [2.45, 2.75) is 31.9 Å². The number of aliphatic hydroxyl groups is 1. The minimum atomic E-state index is -0.0300. The zero-order chi connectivity index (χ0) is 13.2. The van der Waals surface area contributed by atoms with Crippen LogP contribution < -0.4 is 4.90 Å². The van der Waals surface area contributed by atoms with Crippen LogP contribution >= 0.6 is 11.6 Å². The maximum absolute atomic E-state index is 9.27. The summed E-state index contributed by atoms with van der Waals surface area (Å²) in [5, 5.41) is 9.81. The Kier molecular flexibility index (Phi) is 3.91. The molecule has 4 nitrogen and oxygen atoms in total. The lowest BCUT2D eigenvalue weighted by Gasteiger charge is -2.24. The molecule has 1 unspecified atom stereocenters. The van der Waals surface area contributed by atoms with Gasteiger partial charge >= 0.3 is 0 Å². The molecule has 0 bridgehead atoms. The van der Waals surface area contributed by atoms with Crippen LogP contribution in [0.2, 0.25) is 5.02 Å². The summed E-state index contributed by atoms with van der Waals surface area (Å²) in [5.74, 6) is 0.940. The molecule has 5 heteroatoms. The molecule has 1 N–H and O–H groups in total. The molecule has 0 saturated carbocycles. The molecule has 3 rings (SSSR count). The van der Waals surface area contributed by atoms with Crippen molar-refractivity contribution in [3.05, 3.63) is 22.8 Å². The SMILES string of the molecule is OCc1cc(N2CCC(N3CCCC3)C2)ncc1Cl. The van der Waals surface area contributed by atoms with Crippen molar-refractivity contribution in [3.63, 3.8) is 0 Å². The van der Waals surface area contributed by atoms with Crippen molar-refractivity contribution in [1.29, 1.82) is 0 Å². The van der Waals surface area contributed by atoms with Crippen molar-refractivity contribution < 1.29 is 5.11 Å². The Hall–Kier alpha value is -0.840. The molecule has 2 aliphatic heterocycles. The van der Waals surface area contributed by atoms with Gasteiger partial charge in [0.15, 0.2) is 0 Å². The molecule has 2 saturated heterocycles. The second kappa shape index (κ2) is 5.65. The van der Waals surface area contributed by atoms with Gasteiger partial charge in [-0.15, -0.1) is 0 Å². The highest BCUT2D eigenvalue weighted by Crippen LogP contribution is 2.26. The molecule has 0 amide bonds. The summed E-state index contributed by atoms with van der Waals surface area (Å²) in [6.07, 6.45) is 5.53. The summed E-state index contributed by atoms with van der Waals surface area (Å²) in [7, 11) is 0. The smallest absolute Gasteiger partial charge is 0.128 e. The molecule has 3 heterocycles.